The highest BCUT2D eigenvalue weighted by molar-refractivity contribution is 6.35. The number of aliphatic hydroxyl groups excluding tert-OH is 1. The average Bonchev–Trinajstić information content (AvgIpc) is 3.70. The molecule has 0 spiro atoms. The fraction of sp³-hybridized carbons (Fsp3) is 0.357. The first kappa shape index (κ1) is 40.0. The third-order valence-corrected chi connectivity index (χ3v) is 10.6. The van der Waals surface area contributed by atoms with Crippen molar-refractivity contribution in [3.63, 3.8) is 0 Å². The number of aromatic nitrogens is 3. The van der Waals surface area contributed by atoms with E-state index in [0.717, 1.165) is 65.3 Å². The van der Waals surface area contributed by atoms with Crippen LogP contribution in [0, 0.1) is 18.3 Å². The van der Waals surface area contributed by atoms with Crippen molar-refractivity contribution in [2.45, 2.75) is 58.1 Å². The van der Waals surface area contributed by atoms with E-state index in [0.29, 0.717) is 65.4 Å². The maximum absolute atomic E-state index is 10.3. The molecule has 11 nitrogen and oxygen atoms in total. The van der Waals surface area contributed by atoms with E-state index in [1.165, 1.54) is 6.20 Å². The minimum Gasteiger partial charge on any atom is -0.492 e. The van der Waals surface area contributed by atoms with Gasteiger partial charge in [0.1, 0.15) is 42.4 Å². The summed E-state index contributed by atoms with van der Waals surface area (Å²) in [6, 6.07) is 19.4. The lowest BCUT2D eigenvalue weighted by Gasteiger charge is -2.36. The first-order chi connectivity index (χ1) is 26.6. The normalized spacial score (nSPS) is 14.1. The smallest absolute Gasteiger partial charge is 0.142 e. The molecule has 0 amide bonds. The molecular formula is C42H46Cl2N6O5. The Hall–Kier alpha value is -4.67. The number of benzene rings is 3. The number of aliphatic hydroxyl groups is 2. The van der Waals surface area contributed by atoms with Crippen LogP contribution < -0.4 is 14.2 Å². The molecule has 3 N–H and O–H groups in total. The first-order valence-corrected chi connectivity index (χ1v) is 19.0. The van der Waals surface area contributed by atoms with Crippen LogP contribution in [0.3, 0.4) is 0 Å². The number of hydrogen-bond acceptors (Lipinski definition) is 10. The quantitative estimate of drug-likeness (QED) is 0.0821. The summed E-state index contributed by atoms with van der Waals surface area (Å²) in [5, 5.41) is 30.1. The molecule has 0 bridgehead atoms. The molecule has 13 heteroatoms. The fourth-order valence-electron chi connectivity index (χ4n) is 6.66. The van der Waals surface area contributed by atoms with Gasteiger partial charge in [-0.1, -0.05) is 53.5 Å². The molecule has 0 saturated carbocycles. The molecule has 0 unspecified atom stereocenters. The van der Waals surface area contributed by atoms with Gasteiger partial charge in [-0.15, -0.1) is 0 Å². The standard InChI is InChI=1S/C42H46Cl2N6O5/c1-29-32(6-3-7-34(29)35-8-4-9-37(41(35)44)53-17-5-14-50-15-10-42(52,28-51)11-16-50)27-55-39-20-38(54-26-31-18-30(21-45)22-46-23-31)33(19-36(39)43)24-49(2)25-40-47-12-13-48-40/h3-4,6-9,12-13,18-20,22-23,51-52H,5,10-11,14-17,24-28H2,1-2H3,(H,47,48). The molecule has 0 aliphatic carbocycles. The Labute approximate surface area is 332 Å². The van der Waals surface area contributed by atoms with Crippen LogP contribution in [0.5, 0.6) is 17.2 Å². The zero-order chi connectivity index (χ0) is 38.8. The fourth-order valence-corrected chi connectivity index (χ4v) is 7.18. The van der Waals surface area contributed by atoms with Crippen LogP contribution >= 0.6 is 23.2 Å². The largest absolute Gasteiger partial charge is 0.492 e. The molecule has 2 aromatic heterocycles. The monoisotopic (exact) mass is 784 g/mol. The summed E-state index contributed by atoms with van der Waals surface area (Å²) in [4.78, 5) is 16.0. The van der Waals surface area contributed by atoms with Crippen molar-refractivity contribution >= 4 is 23.2 Å². The van der Waals surface area contributed by atoms with E-state index in [2.05, 4.69) is 30.8 Å². The molecule has 5 aromatic rings. The van der Waals surface area contributed by atoms with Crippen molar-refractivity contribution in [2.75, 3.05) is 39.9 Å². The Morgan fingerprint density at radius 2 is 1.73 bits per heavy atom. The Morgan fingerprint density at radius 3 is 2.49 bits per heavy atom. The number of piperidine rings is 1. The molecule has 1 aliphatic rings. The number of hydrogen-bond donors (Lipinski definition) is 3. The van der Waals surface area contributed by atoms with Crippen molar-refractivity contribution < 1.29 is 24.4 Å². The Kier molecular flexibility index (Phi) is 13.7. The number of imidazole rings is 1. The molecule has 1 aliphatic heterocycles. The molecule has 6 rings (SSSR count). The highest BCUT2D eigenvalue weighted by Crippen LogP contribution is 2.39. The van der Waals surface area contributed by atoms with Crippen LogP contribution in [0.15, 0.2) is 79.4 Å². The number of aromatic amines is 1. The van der Waals surface area contributed by atoms with Gasteiger partial charge in [0, 0.05) is 73.7 Å². The molecule has 3 aromatic carbocycles. The summed E-state index contributed by atoms with van der Waals surface area (Å²) in [7, 11) is 1.99. The zero-order valence-electron chi connectivity index (χ0n) is 31.1. The predicted octanol–water partition coefficient (Wildman–Crippen LogP) is 7.34. The summed E-state index contributed by atoms with van der Waals surface area (Å²) < 4.78 is 18.8. The van der Waals surface area contributed by atoms with Gasteiger partial charge in [0.15, 0.2) is 0 Å². The van der Waals surface area contributed by atoms with E-state index >= 15 is 0 Å². The zero-order valence-corrected chi connectivity index (χ0v) is 32.6. The molecule has 3 heterocycles. The minimum absolute atomic E-state index is 0.194. The van der Waals surface area contributed by atoms with Crippen molar-refractivity contribution in [1.29, 1.82) is 5.26 Å². The van der Waals surface area contributed by atoms with Crippen LogP contribution in [0.25, 0.3) is 11.1 Å². The highest BCUT2D eigenvalue weighted by atomic mass is 35.5. The second kappa shape index (κ2) is 18.8. The number of pyridine rings is 1. The molecule has 0 radical (unpaired) electrons. The van der Waals surface area contributed by atoms with Crippen molar-refractivity contribution in [2.24, 2.45) is 0 Å². The van der Waals surface area contributed by atoms with Crippen molar-refractivity contribution in [1.82, 2.24) is 24.8 Å². The number of rotatable bonds is 17. The summed E-state index contributed by atoms with van der Waals surface area (Å²) in [5.74, 6) is 2.55. The van der Waals surface area contributed by atoms with Gasteiger partial charge in [0.05, 0.1) is 41.0 Å². The third-order valence-electron chi connectivity index (χ3n) is 9.89. The number of nitrogens with one attached hydrogen (secondary N) is 1. The SMILES string of the molecule is Cc1c(COc2cc(OCc3cncc(C#N)c3)c(CN(C)Cc3ncc[nH]3)cc2Cl)cccc1-c1cccc(OCCCN2CCC(O)(CO)CC2)c1Cl. The maximum atomic E-state index is 10.3. The maximum Gasteiger partial charge on any atom is 0.142 e. The molecule has 288 valence electrons. The Balaban J connectivity index is 1.13. The van der Waals surface area contributed by atoms with Gasteiger partial charge in [-0.25, -0.2) is 4.98 Å². The lowest BCUT2D eigenvalue weighted by molar-refractivity contribution is -0.0596. The van der Waals surface area contributed by atoms with Crippen molar-refractivity contribution in [3.8, 4) is 34.4 Å². The van der Waals surface area contributed by atoms with Gasteiger partial charge in [0.2, 0.25) is 0 Å². The molecule has 55 heavy (non-hydrogen) atoms. The van der Waals surface area contributed by atoms with Crippen LogP contribution in [0.4, 0.5) is 0 Å². The second-order valence-electron chi connectivity index (χ2n) is 14.0. The number of ether oxygens (including phenoxy) is 3. The van der Waals surface area contributed by atoms with Crippen LogP contribution in [0.2, 0.25) is 10.0 Å². The molecule has 1 saturated heterocycles. The molecule has 0 atom stereocenters. The highest BCUT2D eigenvalue weighted by Gasteiger charge is 2.31. The first-order valence-electron chi connectivity index (χ1n) is 18.3. The molecule has 1 fully saturated rings. The van der Waals surface area contributed by atoms with E-state index in [1.807, 2.05) is 62.5 Å². The number of H-pyrrole nitrogens is 1. The molecular weight excluding hydrogens is 739 g/mol. The van der Waals surface area contributed by atoms with Crippen LogP contribution in [0.1, 0.15) is 52.9 Å². The van der Waals surface area contributed by atoms with Gasteiger partial charge in [0.25, 0.3) is 0 Å². The number of halogens is 2. The van der Waals surface area contributed by atoms with Gasteiger partial charge in [-0.05, 0) is 68.1 Å². The second-order valence-corrected chi connectivity index (χ2v) is 14.8. The summed E-state index contributed by atoms with van der Waals surface area (Å²) in [6.45, 7) is 6.30. The van der Waals surface area contributed by atoms with E-state index in [1.54, 1.807) is 24.7 Å². The third kappa shape index (κ3) is 10.6. The van der Waals surface area contributed by atoms with Gasteiger partial charge >= 0.3 is 0 Å². The van der Waals surface area contributed by atoms with E-state index in [-0.39, 0.29) is 19.8 Å². The van der Waals surface area contributed by atoms with Crippen LogP contribution in [-0.2, 0) is 26.3 Å². The lowest BCUT2D eigenvalue weighted by atomic mass is 9.92. The lowest BCUT2D eigenvalue weighted by Crippen LogP contribution is -2.46. The minimum atomic E-state index is -0.953. The Morgan fingerprint density at radius 1 is 0.945 bits per heavy atom. The van der Waals surface area contributed by atoms with Gasteiger partial charge in [-0.2, -0.15) is 5.26 Å². The average molecular weight is 786 g/mol. The topological polar surface area (TPSA) is 140 Å². The summed E-state index contributed by atoms with van der Waals surface area (Å²) >= 11 is 13.8. The number of likely N-dealkylation sites (tertiary alicyclic amines) is 1. The van der Waals surface area contributed by atoms with Crippen molar-refractivity contribution in [3.05, 3.63) is 123 Å². The van der Waals surface area contributed by atoms with Gasteiger partial charge < -0.3 is 34.3 Å². The number of nitriles is 1. The van der Waals surface area contributed by atoms with E-state index in [9.17, 15) is 15.5 Å². The van der Waals surface area contributed by atoms with E-state index in [4.69, 9.17) is 37.4 Å². The van der Waals surface area contributed by atoms with Crippen LogP contribution in [-0.4, -0.2) is 80.5 Å². The van der Waals surface area contributed by atoms with E-state index < -0.39 is 5.60 Å². The number of nitrogens with zero attached hydrogens (tertiary/aromatic N) is 5. The van der Waals surface area contributed by atoms with Gasteiger partial charge in [-0.3, -0.25) is 9.88 Å². The Bertz CT molecular complexity index is 2080. The summed E-state index contributed by atoms with van der Waals surface area (Å²) in [5.41, 5.74) is 4.96. The summed E-state index contributed by atoms with van der Waals surface area (Å²) in [6.07, 6.45) is 8.67. The predicted molar refractivity (Wildman–Crippen MR) is 212 cm³/mol.